The van der Waals surface area contributed by atoms with Crippen molar-refractivity contribution < 1.29 is 14.2 Å². The maximum Gasteiger partial charge on any atom is 0.224 e. The summed E-state index contributed by atoms with van der Waals surface area (Å²) in [6.45, 7) is 0. The normalized spacial score (nSPS) is 28.1. The van der Waals surface area contributed by atoms with E-state index in [1.165, 1.54) is 0 Å². The van der Waals surface area contributed by atoms with Gasteiger partial charge in [-0.3, -0.25) is 0 Å². The molecule has 0 saturated heterocycles. The third kappa shape index (κ3) is 2.88. The summed E-state index contributed by atoms with van der Waals surface area (Å²) in [5.41, 5.74) is 0. The minimum atomic E-state index is -0.697. The van der Waals surface area contributed by atoms with E-state index in [0.29, 0.717) is 0 Å². The Balaban J connectivity index is 2.10. The van der Waals surface area contributed by atoms with Crippen LogP contribution in [0.25, 0.3) is 0 Å². The van der Waals surface area contributed by atoms with E-state index in [4.69, 9.17) is 16.3 Å². The lowest BCUT2D eigenvalue weighted by Gasteiger charge is -2.34. The van der Waals surface area contributed by atoms with E-state index >= 15 is 0 Å². The lowest BCUT2D eigenvalue weighted by atomic mass is 9.90. The Labute approximate surface area is 109 Å². The largest absolute Gasteiger partial charge is 0.388 e. The third-order valence-electron chi connectivity index (χ3n) is 3.14. The Morgan fingerprint density at radius 1 is 1.56 bits per heavy atom. The average Bonchev–Trinajstić information content (AvgIpc) is 2.36. The van der Waals surface area contributed by atoms with Gasteiger partial charge in [0.2, 0.25) is 5.28 Å². The molecular formula is C11H15ClFN3O2. The molecule has 2 N–H and O–H groups in total. The van der Waals surface area contributed by atoms with Crippen molar-refractivity contribution in [3.8, 4) is 0 Å². The summed E-state index contributed by atoms with van der Waals surface area (Å²) in [5.74, 6) is -0.582. The van der Waals surface area contributed by atoms with Crippen LogP contribution < -0.4 is 5.32 Å². The first-order valence-corrected chi connectivity index (χ1v) is 6.15. The van der Waals surface area contributed by atoms with Crippen LogP contribution in [0.4, 0.5) is 10.2 Å². The zero-order valence-corrected chi connectivity index (χ0v) is 10.7. The quantitative estimate of drug-likeness (QED) is 0.821. The lowest BCUT2D eigenvalue weighted by Crippen LogP contribution is -2.46. The number of nitrogens with zero attached hydrogens (tertiary/aromatic N) is 2. The fraction of sp³-hybridized carbons (Fsp3) is 0.636. The number of aliphatic hydroxyl groups excluding tert-OH is 1. The van der Waals surface area contributed by atoms with Gasteiger partial charge in [-0.25, -0.2) is 9.37 Å². The molecule has 100 valence electrons. The van der Waals surface area contributed by atoms with Crippen LogP contribution >= 0.6 is 11.6 Å². The Hall–Kier alpha value is -0.980. The molecule has 0 bridgehead atoms. The number of ether oxygens (including phenoxy) is 1. The summed E-state index contributed by atoms with van der Waals surface area (Å²) in [4.78, 5) is 7.30. The maximum absolute atomic E-state index is 13.5. The van der Waals surface area contributed by atoms with Crippen molar-refractivity contribution >= 4 is 17.4 Å². The number of nitrogens with one attached hydrogen (secondary N) is 1. The second-order valence-electron chi connectivity index (χ2n) is 4.28. The van der Waals surface area contributed by atoms with Gasteiger partial charge in [-0.05, 0) is 30.9 Å². The second-order valence-corrected chi connectivity index (χ2v) is 4.62. The minimum absolute atomic E-state index is 0.0100. The first-order chi connectivity index (χ1) is 8.61. The van der Waals surface area contributed by atoms with E-state index < -0.39 is 11.9 Å². The molecule has 3 atom stereocenters. The van der Waals surface area contributed by atoms with Crippen molar-refractivity contribution in [2.45, 2.75) is 37.5 Å². The smallest absolute Gasteiger partial charge is 0.224 e. The molecule has 1 aromatic rings. The number of methoxy groups -OCH3 is 1. The molecular weight excluding hydrogens is 261 g/mol. The van der Waals surface area contributed by atoms with Gasteiger partial charge in [0.15, 0.2) is 11.6 Å². The molecule has 0 aliphatic heterocycles. The summed E-state index contributed by atoms with van der Waals surface area (Å²) in [6.07, 6.45) is 2.48. The van der Waals surface area contributed by atoms with Crippen molar-refractivity contribution in [2.24, 2.45) is 0 Å². The lowest BCUT2D eigenvalue weighted by molar-refractivity contribution is -0.0421. The van der Waals surface area contributed by atoms with Crippen LogP contribution in [0.5, 0.6) is 0 Å². The van der Waals surface area contributed by atoms with Crippen LogP contribution in [0.15, 0.2) is 6.20 Å². The van der Waals surface area contributed by atoms with Crippen molar-refractivity contribution in [1.29, 1.82) is 0 Å². The molecule has 0 aromatic carbocycles. The van der Waals surface area contributed by atoms with Gasteiger partial charge >= 0.3 is 0 Å². The number of anilines is 1. The van der Waals surface area contributed by atoms with E-state index in [9.17, 15) is 9.50 Å². The molecule has 1 aromatic heterocycles. The molecule has 1 aliphatic rings. The van der Waals surface area contributed by atoms with Crippen molar-refractivity contribution in [3.63, 3.8) is 0 Å². The van der Waals surface area contributed by atoms with Gasteiger partial charge in [0.05, 0.1) is 18.3 Å². The summed E-state index contributed by atoms with van der Waals surface area (Å²) in [5, 5.41) is 12.9. The van der Waals surface area contributed by atoms with Crippen molar-refractivity contribution in [1.82, 2.24) is 9.97 Å². The number of aromatic nitrogens is 2. The van der Waals surface area contributed by atoms with Gasteiger partial charge in [0.1, 0.15) is 6.10 Å². The molecule has 3 unspecified atom stereocenters. The highest BCUT2D eigenvalue weighted by atomic mass is 35.5. The zero-order valence-electron chi connectivity index (χ0n) is 9.94. The average molecular weight is 276 g/mol. The van der Waals surface area contributed by atoms with Crippen LogP contribution in [0, 0.1) is 5.82 Å². The van der Waals surface area contributed by atoms with E-state index in [-0.39, 0.29) is 23.2 Å². The van der Waals surface area contributed by atoms with Crippen molar-refractivity contribution in [2.75, 3.05) is 12.4 Å². The monoisotopic (exact) mass is 275 g/mol. The summed E-state index contributed by atoms with van der Waals surface area (Å²) in [6, 6.07) is -0.302. The first-order valence-electron chi connectivity index (χ1n) is 5.77. The summed E-state index contributed by atoms with van der Waals surface area (Å²) >= 11 is 5.61. The van der Waals surface area contributed by atoms with Crippen LogP contribution in [-0.2, 0) is 4.74 Å². The van der Waals surface area contributed by atoms with Crippen LogP contribution in [-0.4, -0.2) is 40.4 Å². The highest BCUT2D eigenvalue weighted by molar-refractivity contribution is 6.28. The van der Waals surface area contributed by atoms with E-state index in [2.05, 4.69) is 15.3 Å². The van der Waals surface area contributed by atoms with Gasteiger partial charge < -0.3 is 15.2 Å². The van der Waals surface area contributed by atoms with Gasteiger partial charge in [0.25, 0.3) is 0 Å². The van der Waals surface area contributed by atoms with Crippen LogP contribution in [0.1, 0.15) is 19.3 Å². The Morgan fingerprint density at radius 3 is 3.06 bits per heavy atom. The Bertz CT molecular complexity index is 421. The topological polar surface area (TPSA) is 67.3 Å². The molecule has 0 amide bonds. The summed E-state index contributed by atoms with van der Waals surface area (Å²) < 4.78 is 18.7. The maximum atomic E-state index is 13.5. The third-order valence-corrected chi connectivity index (χ3v) is 3.32. The number of hydrogen-bond donors (Lipinski definition) is 2. The van der Waals surface area contributed by atoms with Gasteiger partial charge in [-0.15, -0.1) is 0 Å². The zero-order chi connectivity index (χ0) is 13.1. The Morgan fingerprint density at radius 2 is 2.33 bits per heavy atom. The molecule has 18 heavy (non-hydrogen) atoms. The van der Waals surface area contributed by atoms with E-state index in [1.54, 1.807) is 7.11 Å². The molecule has 1 fully saturated rings. The minimum Gasteiger partial charge on any atom is -0.388 e. The molecule has 0 spiro atoms. The van der Waals surface area contributed by atoms with E-state index in [1.807, 2.05) is 0 Å². The SMILES string of the molecule is COC1CCCC(Nc2nc(Cl)ncc2F)C1O. The number of hydrogen-bond acceptors (Lipinski definition) is 5. The summed E-state index contributed by atoms with van der Waals surface area (Å²) in [7, 11) is 1.55. The first kappa shape index (κ1) is 13.5. The fourth-order valence-corrected chi connectivity index (χ4v) is 2.31. The van der Waals surface area contributed by atoms with Gasteiger partial charge in [0, 0.05) is 7.11 Å². The molecule has 1 saturated carbocycles. The molecule has 1 aliphatic carbocycles. The highest BCUT2D eigenvalue weighted by Gasteiger charge is 2.32. The van der Waals surface area contributed by atoms with Gasteiger partial charge in [-0.2, -0.15) is 4.98 Å². The fourth-order valence-electron chi connectivity index (χ4n) is 2.18. The van der Waals surface area contributed by atoms with Crippen molar-refractivity contribution in [3.05, 3.63) is 17.3 Å². The molecule has 0 radical (unpaired) electrons. The Kier molecular flexibility index (Phi) is 4.31. The van der Waals surface area contributed by atoms with Gasteiger partial charge in [-0.1, -0.05) is 0 Å². The predicted molar refractivity (Wildman–Crippen MR) is 65.1 cm³/mol. The molecule has 7 heteroatoms. The number of aliphatic hydroxyl groups is 1. The van der Waals surface area contributed by atoms with Crippen LogP contribution in [0.3, 0.4) is 0 Å². The molecule has 2 rings (SSSR count). The second kappa shape index (κ2) is 5.77. The molecule has 5 nitrogen and oxygen atoms in total. The molecule has 1 heterocycles. The standard InChI is InChI=1S/C11H15ClFN3O2/c1-18-8-4-2-3-7(9(8)17)15-10-6(13)5-14-11(12)16-10/h5,7-9,17H,2-4H2,1H3,(H,14,15,16). The predicted octanol–water partition coefficient (Wildman–Crippen LogP) is 1.61. The number of halogens is 2. The highest BCUT2D eigenvalue weighted by Crippen LogP contribution is 2.25. The number of rotatable bonds is 3. The van der Waals surface area contributed by atoms with Crippen LogP contribution in [0.2, 0.25) is 5.28 Å². The van der Waals surface area contributed by atoms with E-state index in [0.717, 1.165) is 25.5 Å².